The van der Waals surface area contributed by atoms with Crippen LogP contribution in [0.4, 0.5) is 0 Å². The van der Waals surface area contributed by atoms with E-state index in [4.69, 9.17) is 18.9 Å². The summed E-state index contributed by atoms with van der Waals surface area (Å²) in [5.41, 5.74) is 1.85. The van der Waals surface area contributed by atoms with Crippen molar-refractivity contribution in [2.75, 3.05) is 39.6 Å². The Morgan fingerprint density at radius 1 is 0.647 bits per heavy atom. The molecule has 0 bridgehead atoms. The number of hydrogen-bond acceptors (Lipinski definition) is 6. The molecular weight excluding hydrogens is 704 g/mol. The molecule has 34 heavy (non-hydrogen) atoms. The van der Waals surface area contributed by atoms with Crippen LogP contribution in [0.1, 0.15) is 0 Å². The molecule has 2 aromatic carbocycles. The van der Waals surface area contributed by atoms with Crippen LogP contribution in [0.15, 0.2) is 67.5 Å². The van der Waals surface area contributed by atoms with Crippen molar-refractivity contribution in [2.24, 2.45) is 0 Å². The van der Waals surface area contributed by atoms with Gasteiger partial charge in [-0.15, -0.1) is 13.2 Å². The van der Waals surface area contributed by atoms with Gasteiger partial charge in [-0.3, -0.25) is 0 Å². The molecule has 0 radical (unpaired) electrons. The van der Waals surface area contributed by atoms with E-state index in [9.17, 15) is 10.2 Å². The van der Waals surface area contributed by atoms with Crippen molar-refractivity contribution in [1.29, 1.82) is 0 Å². The van der Waals surface area contributed by atoms with Crippen LogP contribution in [0.5, 0.6) is 11.5 Å². The first kappa shape index (κ1) is 29.5. The zero-order valence-electron chi connectivity index (χ0n) is 18.3. The lowest BCUT2D eigenvalue weighted by Gasteiger charge is -2.17. The second kappa shape index (κ2) is 15.4. The molecule has 10 heteroatoms. The van der Waals surface area contributed by atoms with E-state index >= 15 is 0 Å². The molecule has 2 aromatic rings. The summed E-state index contributed by atoms with van der Waals surface area (Å²) >= 11 is 14.2. The predicted molar refractivity (Wildman–Crippen MR) is 148 cm³/mol. The normalized spacial score (nSPS) is 12.8. The quantitative estimate of drug-likeness (QED) is 0.166. The van der Waals surface area contributed by atoms with Gasteiger partial charge >= 0.3 is 0 Å². The molecule has 0 saturated carbocycles. The Kier molecular flexibility index (Phi) is 13.4. The molecule has 0 aliphatic carbocycles. The Morgan fingerprint density at radius 2 is 0.971 bits per heavy atom. The van der Waals surface area contributed by atoms with Crippen molar-refractivity contribution in [2.45, 2.75) is 12.2 Å². The monoisotopic (exact) mass is 726 g/mol. The van der Waals surface area contributed by atoms with Gasteiger partial charge in [0.2, 0.25) is 0 Å². The molecule has 0 saturated heterocycles. The van der Waals surface area contributed by atoms with Crippen LogP contribution in [0.25, 0.3) is 11.1 Å². The first-order valence-electron chi connectivity index (χ1n) is 10.2. The predicted octanol–water partition coefficient (Wildman–Crippen LogP) is 6.29. The SMILES string of the molecule is C=CCOCC(O)COc1c(Br)cc(-c2cc(Br)c(OCC(O)COCC=C)c(Br)c2)cc1Br. The highest BCUT2D eigenvalue weighted by atomic mass is 79.9. The fraction of sp³-hybridized carbons (Fsp3) is 0.333. The van der Waals surface area contributed by atoms with Crippen LogP contribution in [0.3, 0.4) is 0 Å². The van der Waals surface area contributed by atoms with Crippen LogP contribution in [-0.2, 0) is 9.47 Å². The maximum absolute atomic E-state index is 10.0. The maximum Gasteiger partial charge on any atom is 0.147 e. The molecule has 6 nitrogen and oxygen atoms in total. The summed E-state index contributed by atoms with van der Waals surface area (Å²) in [6, 6.07) is 7.71. The van der Waals surface area contributed by atoms with Crippen molar-refractivity contribution in [1.82, 2.24) is 0 Å². The molecule has 0 aromatic heterocycles. The molecule has 0 aliphatic rings. The Bertz CT molecular complexity index is 845. The third kappa shape index (κ3) is 9.39. The minimum absolute atomic E-state index is 0.0846. The fourth-order valence-corrected chi connectivity index (χ4v) is 5.59. The second-order valence-corrected chi connectivity index (χ2v) is 10.5. The summed E-state index contributed by atoms with van der Waals surface area (Å²) in [5.74, 6) is 1.16. The summed E-state index contributed by atoms with van der Waals surface area (Å²) in [6.45, 7) is 8.38. The van der Waals surface area contributed by atoms with Gasteiger partial charge in [0.25, 0.3) is 0 Å². The average molecular weight is 730 g/mol. The lowest BCUT2D eigenvalue weighted by atomic mass is 10.1. The molecule has 186 valence electrons. The third-order valence-electron chi connectivity index (χ3n) is 4.26. The Labute approximate surface area is 233 Å². The van der Waals surface area contributed by atoms with Crippen LogP contribution >= 0.6 is 63.7 Å². The molecule has 0 fully saturated rings. The molecule has 2 N–H and O–H groups in total. The number of ether oxygens (including phenoxy) is 4. The van der Waals surface area contributed by atoms with E-state index < -0.39 is 12.2 Å². The highest BCUT2D eigenvalue weighted by Gasteiger charge is 2.16. The standard InChI is InChI=1S/C24H26Br4O6/c1-3-5-31-11-17(29)13-33-23-19(25)7-15(8-20(23)26)16-9-21(27)24(22(28)10-16)34-14-18(30)12-32-6-4-2/h3-4,7-10,17-18,29-30H,1-2,5-6,11-14H2. The van der Waals surface area contributed by atoms with Crippen molar-refractivity contribution in [3.05, 3.63) is 67.5 Å². The van der Waals surface area contributed by atoms with E-state index in [0.29, 0.717) is 24.7 Å². The van der Waals surface area contributed by atoms with Crippen molar-refractivity contribution in [3.8, 4) is 22.6 Å². The highest BCUT2D eigenvalue weighted by Crippen LogP contribution is 2.42. The Morgan fingerprint density at radius 3 is 1.26 bits per heavy atom. The van der Waals surface area contributed by atoms with Crippen LogP contribution in [0.2, 0.25) is 0 Å². The zero-order valence-corrected chi connectivity index (χ0v) is 24.7. The van der Waals surface area contributed by atoms with Gasteiger partial charge in [-0.25, -0.2) is 0 Å². The van der Waals surface area contributed by atoms with E-state index in [1.165, 1.54) is 0 Å². The third-order valence-corrected chi connectivity index (χ3v) is 6.62. The Hall–Kier alpha value is -0.720. The first-order chi connectivity index (χ1) is 16.3. The van der Waals surface area contributed by atoms with Gasteiger partial charge in [0.1, 0.15) is 36.9 Å². The van der Waals surface area contributed by atoms with E-state index in [1.807, 2.05) is 24.3 Å². The number of hydrogen-bond donors (Lipinski definition) is 2. The van der Waals surface area contributed by atoms with Crippen LogP contribution in [0, 0.1) is 0 Å². The summed E-state index contributed by atoms with van der Waals surface area (Å²) < 4.78 is 25.0. The molecule has 0 amide bonds. The van der Waals surface area contributed by atoms with Gasteiger partial charge < -0.3 is 29.2 Å². The van der Waals surface area contributed by atoms with Gasteiger partial charge in [0.05, 0.1) is 44.3 Å². The second-order valence-electron chi connectivity index (χ2n) is 7.12. The lowest BCUT2D eigenvalue weighted by Crippen LogP contribution is -2.23. The molecular formula is C24H26Br4O6. The molecule has 2 rings (SSSR count). The fourth-order valence-electron chi connectivity index (χ4n) is 2.76. The van der Waals surface area contributed by atoms with E-state index in [1.54, 1.807) is 12.2 Å². The van der Waals surface area contributed by atoms with E-state index in [2.05, 4.69) is 76.9 Å². The zero-order chi connectivity index (χ0) is 25.1. The maximum atomic E-state index is 10.0. The molecule has 2 atom stereocenters. The number of halogens is 4. The smallest absolute Gasteiger partial charge is 0.147 e. The summed E-state index contributed by atoms with van der Waals surface area (Å²) in [4.78, 5) is 0. The average Bonchev–Trinajstić information content (AvgIpc) is 2.78. The van der Waals surface area contributed by atoms with Gasteiger partial charge in [-0.1, -0.05) is 12.2 Å². The van der Waals surface area contributed by atoms with Gasteiger partial charge in [0.15, 0.2) is 0 Å². The molecule has 0 spiro atoms. The number of aliphatic hydroxyl groups excluding tert-OH is 2. The van der Waals surface area contributed by atoms with Crippen molar-refractivity contribution < 1.29 is 29.2 Å². The summed E-state index contributed by atoms with van der Waals surface area (Å²) in [5, 5.41) is 20.0. The minimum Gasteiger partial charge on any atom is -0.488 e. The number of benzene rings is 2. The summed E-state index contributed by atoms with van der Waals surface area (Å²) in [6.07, 6.45) is 1.73. The molecule has 0 aliphatic heterocycles. The largest absolute Gasteiger partial charge is 0.488 e. The topological polar surface area (TPSA) is 77.4 Å². The molecule has 0 heterocycles. The van der Waals surface area contributed by atoms with Gasteiger partial charge in [-0.2, -0.15) is 0 Å². The van der Waals surface area contributed by atoms with Crippen LogP contribution in [-0.4, -0.2) is 62.1 Å². The Balaban J connectivity index is 2.09. The summed E-state index contributed by atoms with van der Waals surface area (Å²) in [7, 11) is 0. The van der Waals surface area contributed by atoms with E-state index in [-0.39, 0.29) is 26.4 Å². The van der Waals surface area contributed by atoms with Gasteiger partial charge in [-0.05, 0) is 99.1 Å². The lowest BCUT2D eigenvalue weighted by molar-refractivity contribution is 0.0210. The highest BCUT2D eigenvalue weighted by molar-refractivity contribution is 9.11. The number of rotatable bonds is 15. The minimum atomic E-state index is -0.759. The van der Waals surface area contributed by atoms with E-state index in [0.717, 1.165) is 29.0 Å². The first-order valence-corrected chi connectivity index (χ1v) is 13.4. The van der Waals surface area contributed by atoms with Gasteiger partial charge in [0, 0.05) is 0 Å². The van der Waals surface area contributed by atoms with Crippen molar-refractivity contribution >= 4 is 63.7 Å². The number of aliphatic hydroxyl groups is 2. The molecule has 2 unspecified atom stereocenters. The van der Waals surface area contributed by atoms with Crippen molar-refractivity contribution in [3.63, 3.8) is 0 Å². The van der Waals surface area contributed by atoms with Crippen LogP contribution < -0.4 is 9.47 Å².